The van der Waals surface area contributed by atoms with Crippen molar-refractivity contribution in [3.63, 3.8) is 0 Å². The van der Waals surface area contributed by atoms with Gasteiger partial charge in [0.25, 0.3) is 0 Å². The molecule has 0 spiro atoms. The molecule has 0 aliphatic heterocycles. The number of unbranched alkanes of at least 4 members (excludes halogenated alkanes) is 4. The van der Waals surface area contributed by atoms with Gasteiger partial charge in [-0.3, -0.25) is 0 Å². The number of nitrogens with zero attached hydrogens (tertiary/aromatic N) is 1. The molecular weight excluding hydrogens is 256 g/mol. The molecule has 114 valence electrons. The van der Waals surface area contributed by atoms with Gasteiger partial charge in [0.2, 0.25) is 0 Å². The van der Waals surface area contributed by atoms with E-state index in [1.807, 2.05) is 0 Å². The SMILES string of the molecule is CCCCCCCc1nc(-c2c(C)cc(C)cc2C)c[nH]1. The Kier molecular flexibility index (Phi) is 5.60. The Balaban J connectivity index is 2.03. The lowest BCUT2D eigenvalue weighted by Gasteiger charge is -2.08. The summed E-state index contributed by atoms with van der Waals surface area (Å²) in [6.07, 6.45) is 9.67. The first kappa shape index (κ1) is 15.8. The van der Waals surface area contributed by atoms with Crippen LogP contribution in [0.2, 0.25) is 0 Å². The molecule has 1 N–H and O–H groups in total. The molecule has 0 atom stereocenters. The van der Waals surface area contributed by atoms with Crippen LogP contribution >= 0.6 is 0 Å². The molecule has 0 aliphatic rings. The van der Waals surface area contributed by atoms with Crippen molar-refractivity contribution in [1.29, 1.82) is 0 Å². The van der Waals surface area contributed by atoms with Crippen LogP contribution in [0.25, 0.3) is 11.3 Å². The molecule has 1 aromatic heterocycles. The third kappa shape index (κ3) is 4.20. The van der Waals surface area contributed by atoms with Crippen molar-refractivity contribution >= 4 is 0 Å². The highest BCUT2D eigenvalue weighted by Crippen LogP contribution is 2.27. The maximum absolute atomic E-state index is 4.79. The number of H-pyrrole nitrogens is 1. The van der Waals surface area contributed by atoms with Crippen LogP contribution in [-0.2, 0) is 6.42 Å². The second kappa shape index (κ2) is 7.44. The van der Waals surface area contributed by atoms with Crippen molar-refractivity contribution in [3.05, 3.63) is 40.8 Å². The Morgan fingerprint density at radius 3 is 2.29 bits per heavy atom. The highest BCUT2D eigenvalue weighted by atomic mass is 14.9. The van der Waals surface area contributed by atoms with Gasteiger partial charge < -0.3 is 4.98 Å². The number of imidazole rings is 1. The van der Waals surface area contributed by atoms with Gasteiger partial charge in [-0.1, -0.05) is 50.3 Å². The van der Waals surface area contributed by atoms with E-state index in [0.29, 0.717) is 0 Å². The van der Waals surface area contributed by atoms with Crippen LogP contribution in [0.4, 0.5) is 0 Å². The number of hydrogen-bond acceptors (Lipinski definition) is 1. The third-order valence-electron chi connectivity index (χ3n) is 4.08. The van der Waals surface area contributed by atoms with Crippen LogP contribution in [0.5, 0.6) is 0 Å². The summed E-state index contributed by atoms with van der Waals surface area (Å²) >= 11 is 0. The van der Waals surface area contributed by atoms with E-state index in [0.717, 1.165) is 17.9 Å². The molecule has 0 saturated heterocycles. The second-order valence-corrected chi connectivity index (χ2v) is 6.17. The molecule has 0 radical (unpaired) electrons. The summed E-state index contributed by atoms with van der Waals surface area (Å²) in [5, 5.41) is 0. The third-order valence-corrected chi connectivity index (χ3v) is 4.08. The molecule has 2 heteroatoms. The van der Waals surface area contributed by atoms with Gasteiger partial charge in [0.1, 0.15) is 5.82 Å². The summed E-state index contributed by atoms with van der Waals surface area (Å²) in [6.45, 7) is 8.75. The first-order valence-corrected chi connectivity index (χ1v) is 8.24. The fourth-order valence-electron chi connectivity index (χ4n) is 3.10. The molecule has 2 rings (SSSR count). The number of hydrogen-bond donors (Lipinski definition) is 1. The zero-order valence-electron chi connectivity index (χ0n) is 13.9. The maximum atomic E-state index is 4.79. The molecule has 2 nitrogen and oxygen atoms in total. The fraction of sp³-hybridized carbons (Fsp3) is 0.526. The molecule has 1 aromatic carbocycles. The van der Waals surface area contributed by atoms with Crippen molar-refractivity contribution < 1.29 is 0 Å². The van der Waals surface area contributed by atoms with E-state index in [9.17, 15) is 0 Å². The zero-order valence-corrected chi connectivity index (χ0v) is 13.9. The summed E-state index contributed by atoms with van der Waals surface area (Å²) in [5.41, 5.74) is 6.32. The Morgan fingerprint density at radius 1 is 0.952 bits per heavy atom. The summed E-state index contributed by atoms with van der Waals surface area (Å²) < 4.78 is 0. The summed E-state index contributed by atoms with van der Waals surface area (Å²) in [6, 6.07) is 4.48. The summed E-state index contributed by atoms with van der Waals surface area (Å²) in [5.74, 6) is 1.13. The molecular formula is C19H28N2. The quantitative estimate of drug-likeness (QED) is 0.667. The van der Waals surface area contributed by atoms with Crippen LogP contribution in [-0.4, -0.2) is 9.97 Å². The molecule has 0 bridgehead atoms. The largest absolute Gasteiger partial charge is 0.348 e. The smallest absolute Gasteiger partial charge is 0.106 e. The van der Waals surface area contributed by atoms with Crippen LogP contribution in [0.1, 0.15) is 61.5 Å². The van der Waals surface area contributed by atoms with Crippen LogP contribution in [0.3, 0.4) is 0 Å². The van der Waals surface area contributed by atoms with Crippen molar-refractivity contribution in [3.8, 4) is 11.3 Å². The first-order valence-electron chi connectivity index (χ1n) is 8.24. The van der Waals surface area contributed by atoms with Gasteiger partial charge in [0.05, 0.1) is 5.69 Å². The average Bonchev–Trinajstić information content (AvgIpc) is 2.86. The van der Waals surface area contributed by atoms with Crippen molar-refractivity contribution in [2.24, 2.45) is 0 Å². The van der Waals surface area contributed by atoms with Gasteiger partial charge in [-0.25, -0.2) is 4.98 Å². The van der Waals surface area contributed by atoms with E-state index in [1.54, 1.807) is 0 Å². The molecule has 0 unspecified atom stereocenters. The standard InChI is InChI=1S/C19H28N2/c1-5-6-7-8-9-10-18-20-13-17(21-18)19-15(3)11-14(2)12-16(19)4/h11-13H,5-10H2,1-4H3,(H,20,21). The summed E-state index contributed by atoms with van der Waals surface area (Å²) in [4.78, 5) is 8.15. The monoisotopic (exact) mass is 284 g/mol. The first-order chi connectivity index (χ1) is 10.1. The lowest BCUT2D eigenvalue weighted by molar-refractivity contribution is 0.624. The van der Waals surface area contributed by atoms with E-state index < -0.39 is 0 Å². The molecule has 0 amide bonds. The Hall–Kier alpha value is -1.57. The van der Waals surface area contributed by atoms with E-state index in [1.165, 1.54) is 54.4 Å². The molecule has 1 heterocycles. The number of nitrogens with one attached hydrogen (secondary N) is 1. The second-order valence-electron chi connectivity index (χ2n) is 6.17. The van der Waals surface area contributed by atoms with Crippen LogP contribution in [0, 0.1) is 20.8 Å². The predicted octanol–water partition coefficient (Wildman–Crippen LogP) is 5.51. The zero-order chi connectivity index (χ0) is 15.2. The van der Waals surface area contributed by atoms with Gasteiger partial charge in [-0.05, 0) is 38.3 Å². The van der Waals surface area contributed by atoms with Crippen molar-refractivity contribution in [2.45, 2.75) is 66.2 Å². The minimum absolute atomic E-state index is 1.06. The number of benzene rings is 1. The number of aromatic nitrogens is 2. The van der Waals surface area contributed by atoms with Gasteiger partial charge in [-0.2, -0.15) is 0 Å². The number of aromatic amines is 1. The Morgan fingerprint density at radius 2 is 1.62 bits per heavy atom. The molecule has 0 aliphatic carbocycles. The van der Waals surface area contributed by atoms with Crippen molar-refractivity contribution in [1.82, 2.24) is 9.97 Å². The lowest BCUT2D eigenvalue weighted by Crippen LogP contribution is -1.92. The van der Waals surface area contributed by atoms with Crippen molar-refractivity contribution in [2.75, 3.05) is 0 Å². The highest BCUT2D eigenvalue weighted by molar-refractivity contribution is 5.67. The molecule has 2 aromatic rings. The maximum Gasteiger partial charge on any atom is 0.106 e. The van der Waals surface area contributed by atoms with E-state index in [-0.39, 0.29) is 0 Å². The molecule has 0 fully saturated rings. The number of aryl methyl sites for hydroxylation is 4. The number of rotatable bonds is 7. The van der Waals surface area contributed by atoms with E-state index in [2.05, 4.69) is 51.0 Å². The highest BCUT2D eigenvalue weighted by Gasteiger charge is 2.10. The molecule has 21 heavy (non-hydrogen) atoms. The van der Waals surface area contributed by atoms with E-state index in [4.69, 9.17) is 4.98 Å². The predicted molar refractivity (Wildman–Crippen MR) is 90.7 cm³/mol. The normalized spacial score (nSPS) is 11.0. The minimum atomic E-state index is 1.06. The van der Waals surface area contributed by atoms with E-state index >= 15 is 0 Å². The summed E-state index contributed by atoms with van der Waals surface area (Å²) in [7, 11) is 0. The Bertz CT molecular complexity index is 558. The lowest BCUT2D eigenvalue weighted by atomic mass is 9.98. The van der Waals surface area contributed by atoms with Gasteiger partial charge in [0.15, 0.2) is 0 Å². The van der Waals surface area contributed by atoms with Crippen LogP contribution in [0.15, 0.2) is 18.3 Å². The van der Waals surface area contributed by atoms with Gasteiger partial charge >= 0.3 is 0 Å². The Labute approximate surface area is 129 Å². The van der Waals surface area contributed by atoms with Crippen LogP contribution < -0.4 is 0 Å². The fourth-order valence-corrected chi connectivity index (χ4v) is 3.10. The minimum Gasteiger partial charge on any atom is -0.348 e. The molecule has 0 saturated carbocycles. The van der Waals surface area contributed by atoms with Gasteiger partial charge in [0, 0.05) is 18.2 Å². The average molecular weight is 284 g/mol. The topological polar surface area (TPSA) is 28.7 Å². The van der Waals surface area contributed by atoms with Gasteiger partial charge in [-0.15, -0.1) is 0 Å².